The summed E-state index contributed by atoms with van der Waals surface area (Å²) in [5.74, 6) is -0.144. The Labute approximate surface area is 159 Å². The Hall–Kier alpha value is -2.21. The Morgan fingerprint density at radius 1 is 1.19 bits per heavy atom. The second-order valence-corrected chi connectivity index (χ2v) is 8.21. The van der Waals surface area contributed by atoms with Crippen LogP contribution in [0.15, 0.2) is 30.3 Å². The van der Waals surface area contributed by atoms with Gasteiger partial charge in [0, 0.05) is 44.3 Å². The molecular weight excluding hydrogens is 343 g/mol. The summed E-state index contributed by atoms with van der Waals surface area (Å²) < 4.78 is 14.9. The maximum atomic E-state index is 13.1. The number of hydrogen-bond donors (Lipinski definition) is 0. The Balaban J connectivity index is 1.41. The van der Waals surface area contributed by atoms with Gasteiger partial charge in [0.2, 0.25) is 0 Å². The first-order chi connectivity index (χ1) is 12.9. The van der Waals surface area contributed by atoms with Crippen molar-refractivity contribution in [2.75, 3.05) is 26.2 Å². The van der Waals surface area contributed by atoms with E-state index in [0.29, 0.717) is 5.69 Å². The van der Waals surface area contributed by atoms with Gasteiger partial charge in [-0.2, -0.15) is 5.10 Å². The molecular formula is C21H27FN4O. The summed E-state index contributed by atoms with van der Waals surface area (Å²) in [7, 11) is 1.87. The molecule has 2 saturated heterocycles. The molecule has 4 rings (SSSR count). The van der Waals surface area contributed by atoms with Crippen molar-refractivity contribution in [3.63, 3.8) is 0 Å². The molecule has 3 heterocycles. The second kappa shape index (κ2) is 7.08. The number of carbonyl (C=O) groups is 1. The largest absolute Gasteiger partial charge is 0.337 e. The van der Waals surface area contributed by atoms with Crippen LogP contribution in [0.5, 0.6) is 0 Å². The maximum absolute atomic E-state index is 13.1. The van der Waals surface area contributed by atoms with Crippen molar-refractivity contribution in [2.24, 2.45) is 12.5 Å². The SMILES string of the molecule is Cc1cc(C(=O)N2CCC3(CCCN(Cc4ccc(F)cc4)C3)C2)nn1C. The average Bonchev–Trinajstić information content (AvgIpc) is 3.20. The number of benzene rings is 1. The average molecular weight is 370 g/mol. The van der Waals surface area contributed by atoms with Crippen LogP contribution < -0.4 is 0 Å². The van der Waals surface area contributed by atoms with E-state index in [1.165, 1.54) is 12.1 Å². The molecule has 1 spiro atoms. The van der Waals surface area contributed by atoms with Crippen LogP contribution >= 0.6 is 0 Å². The first-order valence-electron chi connectivity index (χ1n) is 9.71. The van der Waals surface area contributed by atoms with Crippen LogP contribution in [0, 0.1) is 18.2 Å². The third kappa shape index (κ3) is 3.76. The van der Waals surface area contributed by atoms with Crippen LogP contribution in [0.2, 0.25) is 0 Å². The van der Waals surface area contributed by atoms with Gasteiger partial charge in [-0.05, 0) is 56.5 Å². The molecule has 0 radical (unpaired) electrons. The first kappa shape index (κ1) is 18.2. The number of piperidine rings is 1. The van der Waals surface area contributed by atoms with Crippen molar-refractivity contribution in [3.8, 4) is 0 Å². The second-order valence-electron chi connectivity index (χ2n) is 8.21. The van der Waals surface area contributed by atoms with E-state index in [2.05, 4.69) is 10.00 Å². The van der Waals surface area contributed by atoms with Gasteiger partial charge < -0.3 is 4.90 Å². The first-order valence-corrected chi connectivity index (χ1v) is 9.71. The van der Waals surface area contributed by atoms with Gasteiger partial charge in [-0.15, -0.1) is 0 Å². The molecule has 2 fully saturated rings. The Bertz CT molecular complexity index is 812. The van der Waals surface area contributed by atoms with Crippen LogP contribution in [-0.4, -0.2) is 51.7 Å². The summed E-state index contributed by atoms with van der Waals surface area (Å²) in [6.45, 7) is 6.47. The number of aryl methyl sites for hydroxylation is 2. The highest BCUT2D eigenvalue weighted by Gasteiger charge is 2.43. The standard InChI is InChI=1S/C21H27FN4O/c1-16-12-19(23-24(16)2)20(27)26-11-9-21(15-26)8-3-10-25(14-21)13-17-4-6-18(22)7-5-17/h4-7,12H,3,8-11,13-15H2,1-2H3. The number of halogens is 1. The fraction of sp³-hybridized carbons (Fsp3) is 0.524. The highest BCUT2D eigenvalue weighted by Crippen LogP contribution is 2.39. The van der Waals surface area contributed by atoms with Crippen molar-refractivity contribution >= 4 is 5.91 Å². The van der Waals surface area contributed by atoms with E-state index in [1.807, 2.05) is 37.1 Å². The lowest BCUT2D eigenvalue weighted by Crippen LogP contribution is -2.45. The number of hydrogen-bond acceptors (Lipinski definition) is 3. The van der Waals surface area contributed by atoms with Crippen LogP contribution in [-0.2, 0) is 13.6 Å². The summed E-state index contributed by atoms with van der Waals surface area (Å²) in [6.07, 6.45) is 3.36. The van der Waals surface area contributed by atoms with E-state index in [0.717, 1.165) is 63.2 Å². The van der Waals surface area contributed by atoms with Gasteiger partial charge in [-0.25, -0.2) is 4.39 Å². The Morgan fingerprint density at radius 3 is 2.67 bits per heavy atom. The minimum atomic E-state index is -0.191. The fourth-order valence-corrected chi connectivity index (χ4v) is 4.56. The van der Waals surface area contributed by atoms with Crippen LogP contribution in [0.4, 0.5) is 4.39 Å². The number of amides is 1. The van der Waals surface area contributed by atoms with Gasteiger partial charge in [0.05, 0.1) is 0 Å². The van der Waals surface area contributed by atoms with Gasteiger partial charge in [0.1, 0.15) is 5.82 Å². The highest BCUT2D eigenvalue weighted by atomic mass is 19.1. The summed E-state index contributed by atoms with van der Waals surface area (Å²) in [5.41, 5.74) is 2.86. The van der Waals surface area contributed by atoms with Crippen molar-refractivity contribution in [3.05, 3.63) is 53.1 Å². The molecule has 1 aromatic carbocycles. The molecule has 6 heteroatoms. The predicted molar refractivity (Wildman–Crippen MR) is 102 cm³/mol. The minimum absolute atomic E-state index is 0.0474. The van der Waals surface area contributed by atoms with Gasteiger partial charge in [-0.1, -0.05) is 12.1 Å². The van der Waals surface area contributed by atoms with Crippen molar-refractivity contribution < 1.29 is 9.18 Å². The van der Waals surface area contributed by atoms with E-state index in [1.54, 1.807) is 4.68 Å². The molecule has 0 saturated carbocycles. The lowest BCUT2D eigenvalue weighted by molar-refractivity contribution is 0.0670. The molecule has 1 aromatic heterocycles. The van der Waals surface area contributed by atoms with Crippen LogP contribution in [0.3, 0.4) is 0 Å². The Morgan fingerprint density at radius 2 is 1.96 bits per heavy atom. The topological polar surface area (TPSA) is 41.4 Å². The summed E-state index contributed by atoms with van der Waals surface area (Å²) in [6, 6.07) is 8.66. The van der Waals surface area contributed by atoms with Gasteiger partial charge >= 0.3 is 0 Å². The van der Waals surface area contributed by atoms with Gasteiger partial charge in [0.25, 0.3) is 5.91 Å². The number of nitrogens with zero attached hydrogens (tertiary/aromatic N) is 4. The lowest BCUT2D eigenvalue weighted by atomic mass is 9.79. The van der Waals surface area contributed by atoms with E-state index < -0.39 is 0 Å². The molecule has 0 aliphatic carbocycles. The monoisotopic (exact) mass is 370 g/mol. The zero-order valence-electron chi connectivity index (χ0n) is 16.1. The van der Waals surface area contributed by atoms with Crippen LogP contribution in [0.1, 0.15) is 41.0 Å². The molecule has 1 unspecified atom stereocenters. The molecule has 144 valence electrons. The summed E-state index contributed by atoms with van der Waals surface area (Å²) >= 11 is 0. The number of aromatic nitrogens is 2. The van der Waals surface area contributed by atoms with Gasteiger partial charge in [-0.3, -0.25) is 14.4 Å². The number of carbonyl (C=O) groups excluding carboxylic acids is 1. The third-order valence-corrected chi connectivity index (χ3v) is 6.12. The fourth-order valence-electron chi connectivity index (χ4n) is 4.56. The smallest absolute Gasteiger partial charge is 0.274 e. The molecule has 27 heavy (non-hydrogen) atoms. The van der Waals surface area contributed by atoms with Crippen LogP contribution in [0.25, 0.3) is 0 Å². The molecule has 2 aromatic rings. The number of likely N-dealkylation sites (tertiary alicyclic amines) is 2. The summed E-state index contributed by atoms with van der Waals surface area (Å²) in [5, 5.41) is 4.35. The molecule has 1 atom stereocenters. The van der Waals surface area contributed by atoms with Crippen molar-refractivity contribution in [1.29, 1.82) is 0 Å². The molecule has 2 aliphatic rings. The molecule has 0 N–H and O–H groups in total. The highest BCUT2D eigenvalue weighted by molar-refractivity contribution is 5.92. The molecule has 0 bridgehead atoms. The van der Waals surface area contributed by atoms with E-state index in [4.69, 9.17) is 0 Å². The van der Waals surface area contributed by atoms with E-state index in [-0.39, 0.29) is 17.1 Å². The maximum Gasteiger partial charge on any atom is 0.274 e. The quantitative estimate of drug-likeness (QED) is 0.834. The molecule has 2 aliphatic heterocycles. The molecule has 5 nitrogen and oxygen atoms in total. The van der Waals surface area contributed by atoms with Gasteiger partial charge in [0.15, 0.2) is 5.69 Å². The zero-order chi connectivity index (χ0) is 19.0. The minimum Gasteiger partial charge on any atom is -0.337 e. The van der Waals surface area contributed by atoms with Crippen molar-refractivity contribution in [1.82, 2.24) is 19.6 Å². The third-order valence-electron chi connectivity index (χ3n) is 6.12. The molecule has 1 amide bonds. The Kier molecular flexibility index (Phi) is 4.76. The summed E-state index contributed by atoms with van der Waals surface area (Å²) in [4.78, 5) is 17.3. The van der Waals surface area contributed by atoms with Crippen molar-refractivity contribution in [2.45, 2.75) is 32.7 Å². The zero-order valence-corrected chi connectivity index (χ0v) is 16.1. The normalized spacial score (nSPS) is 23.3. The number of rotatable bonds is 3. The van der Waals surface area contributed by atoms with E-state index >= 15 is 0 Å². The predicted octanol–water partition coefficient (Wildman–Crippen LogP) is 3.00. The van der Waals surface area contributed by atoms with E-state index in [9.17, 15) is 9.18 Å². The lowest BCUT2D eigenvalue weighted by Gasteiger charge is -2.40.